The van der Waals surface area contributed by atoms with E-state index >= 15 is 0 Å². The van der Waals surface area contributed by atoms with Crippen molar-refractivity contribution in [3.8, 4) is 0 Å². The molecule has 1 atom stereocenters. The van der Waals surface area contributed by atoms with Crippen LogP contribution in [0.4, 0.5) is 0 Å². The predicted molar refractivity (Wildman–Crippen MR) is 55.7 cm³/mol. The third-order valence-electron chi connectivity index (χ3n) is 3.11. The number of carbonyl (C=O) groups is 1. The van der Waals surface area contributed by atoms with Crippen molar-refractivity contribution >= 4 is 5.78 Å². The van der Waals surface area contributed by atoms with Gasteiger partial charge in [-0.25, -0.2) is 0 Å². The molecule has 0 saturated heterocycles. The van der Waals surface area contributed by atoms with Crippen molar-refractivity contribution in [1.82, 2.24) is 0 Å². The quantitative estimate of drug-likeness (QED) is 0.638. The van der Waals surface area contributed by atoms with Gasteiger partial charge in [0.1, 0.15) is 5.78 Å². The molecule has 1 unspecified atom stereocenters. The van der Waals surface area contributed by atoms with Crippen molar-refractivity contribution in [2.45, 2.75) is 59.8 Å². The van der Waals surface area contributed by atoms with E-state index in [1.807, 2.05) is 0 Å². The molecule has 0 aromatic heterocycles. The van der Waals surface area contributed by atoms with E-state index in [0.29, 0.717) is 16.6 Å². The molecule has 1 rings (SSSR count). The number of Topliss-reactive ketones (excluding diaryl/α,β-unsaturated/α-hetero) is 1. The minimum Gasteiger partial charge on any atom is -0.300 e. The summed E-state index contributed by atoms with van der Waals surface area (Å²) in [5.74, 6) is 0.469. The highest BCUT2D eigenvalue weighted by Crippen LogP contribution is 2.41. The SMILES string of the molecule is CC(C)(C)CCC1(C)CCC(=O)C1. The zero-order valence-electron chi connectivity index (χ0n) is 9.44. The first kappa shape index (κ1) is 10.7. The first-order valence-corrected chi connectivity index (χ1v) is 5.33. The average Bonchev–Trinajstić information content (AvgIpc) is 2.27. The number of ketones is 1. The Bertz CT molecular complexity index is 200. The lowest BCUT2D eigenvalue weighted by molar-refractivity contribution is -0.118. The van der Waals surface area contributed by atoms with Crippen molar-refractivity contribution in [3.05, 3.63) is 0 Å². The maximum atomic E-state index is 11.2. The van der Waals surface area contributed by atoms with Crippen molar-refractivity contribution in [2.24, 2.45) is 10.8 Å². The van der Waals surface area contributed by atoms with Gasteiger partial charge in [0.05, 0.1) is 0 Å². The van der Waals surface area contributed by atoms with Crippen LogP contribution in [0.25, 0.3) is 0 Å². The first-order chi connectivity index (χ1) is 5.81. The van der Waals surface area contributed by atoms with E-state index < -0.39 is 0 Å². The van der Waals surface area contributed by atoms with E-state index in [1.165, 1.54) is 12.8 Å². The lowest BCUT2D eigenvalue weighted by Gasteiger charge is -2.27. The minimum atomic E-state index is 0.324. The summed E-state index contributed by atoms with van der Waals surface area (Å²) in [7, 11) is 0. The fourth-order valence-corrected chi connectivity index (χ4v) is 1.98. The fraction of sp³-hybridized carbons (Fsp3) is 0.917. The molecule has 0 aliphatic heterocycles. The molecule has 1 aliphatic rings. The minimum absolute atomic E-state index is 0.324. The Morgan fingerprint density at radius 1 is 1.38 bits per heavy atom. The summed E-state index contributed by atoms with van der Waals surface area (Å²) in [6.45, 7) is 9.08. The normalized spacial score (nSPS) is 29.7. The van der Waals surface area contributed by atoms with E-state index in [0.717, 1.165) is 19.3 Å². The van der Waals surface area contributed by atoms with Gasteiger partial charge in [-0.15, -0.1) is 0 Å². The summed E-state index contributed by atoms with van der Waals surface area (Å²) in [6, 6.07) is 0. The summed E-state index contributed by atoms with van der Waals surface area (Å²) < 4.78 is 0. The number of hydrogen-bond donors (Lipinski definition) is 0. The van der Waals surface area contributed by atoms with Gasteiger partial charge in [0, 0.05) is 12.8 Å². The number of rotatable bonds is 2. The molecule has 0 N–H and O–H groups in total. The van der Waals surface area contributed by atoms with Crippen LogP contribution in [-0.2, 0) is 4.79 Å². The Morgan fingerprint density at radius 2 is 2.00 bits per heavy atom. The molecule has 13 heavy (non-hydrogen) atoms. The van der Waals surface area contributed by atoms with Crippen molar-refractivity contribution in [3.63, 3.8) is 0 Å². The monoisotopic (exact) mass is 182 g/mol. The molecule has 1 heteroatoms. The van der Waals surface area contributed by atoms with Gasteiger partial charge in [0.2, 0.25) is 0 Å². The van der Waals surface area contributed by atoms with Crippen LogP contribution in [0, 0.1) is 10.8 Å². The summed E-state index contributed by atoms with van der Waals surface area (Å²) in [6.07, 6.45) is 5.20. The molecule has 1 aliphatic carbocycles. The molecule has 0 bridgehead atoms. The second-order valence-corrected chi connectivity index (χ2v) is 6.09. The van der Waals surface area contributed by atoms with Crippen molar-refractivity contribution < 1.29 is 4.79 Å². The predicted octanol–water partition coefficient (Wildman–Crippen LogP) is 3.57. The molecule has 0 spiro atoms. The molecular weight excluding hydrogens is 160 g/mol. The second kappa shape index (κ2) is 3.43. The molecule has 0 aromatic carbocycles. The van der Waals surface area contributed by atoms with Gasteiger partial charge < -0.3 is 0 Å². The zero-order chi connectivity index (χ0) is 10.1. The van der Waals surface area contributed by atoms with Crippen molar-refractivity contribution in [2.75, 3.05) is 0 Å². The van der Waals surface area contributed by atoms with Gasteiger partial charge in [-0.2, -0.15) is 0 Å². The van der Waals surface area contributed by atoms with Crippen LogP contribution in [0.5, 0.6) is 0 Å². The molecule has 0 heterocycles. The fourth-order valence-electron chi connectivity index (χ4n) is 1.98. The molecule has 76 valence electrons. The van der Waals surface area contributed by atoms with Crippen LogP contribution in [-0.4, -0.2) is 5.78 Å². The van der Waals surface area contributed by atoms with E-state index in [4.69, 9.17) is 0 Å². The van der Waals surface area contributed by atoms with Crippen LogP contribution in [0.1, 0.15) is 59.8 Å². The van der Waals surface area contributed by atoms with Crippen LogP contribution in [0.2, 0.25) is 0 Å². The molecule has 1 saturated carbocycles. The third kappa shape index (κ3) is 3.50. The lowest BCUT2D eigenvalue weighted by atomic mass is 9.78. The molecule has 1 nitrogen and oxygen atoms in total. The molecular formula is C12H22O. The lowest BCUT2D eigenvalue weighted by Crippen LogP contribution is -2.16. The molecule has 0 radical (unpaired) electrons. The van der Waals surface area contributed by atoms with Gasteiger partial charge in [0.15, 0.2) is 0 Å². The van der Waals surface area contributed by atoms with Crippen LogP contribution in [0.15, 0.2) is 0 Å². The molecule has 0 aromatic rings. The second-order valence-electron chi connectivity index (χ2n) is 6.09. The van der Waals surface area contributed by atoms with Gasteiger partial charge in [0.25, 0.3) is 0 Å². The average molecular weight is 182 g/mol. The molecule has 0 amide bonds. The number of hydrogen-bond acceptors (Lipinski definition) is 1. The van der Waals surface area contributed by atoms with E-state index in [9.17, 15) is 4.79 Å². The molecule has 1 fully saturated rings. The van der Waals surface area contributed by atoms with Gasteiger partial charge in [-0.3, -0.25) is 4.79 Å². The Balaban J connectivity index is 2.40. The Kier molecular flexibility index (Phi) is 2.84. The zero-order valence-corrected chi connectivity index (χ0v) is 9.44. The Hall–Kier alpha value is -0.330. The smallest absolute Gasteiger partial charge is 0.133 e. The van der Waals surface area contributed by atoms with Gasteiger partial charge in [-0.1, -0.05) is 27.7 Å². The standard InChI is InChI=1S/C12H22O/c1-11(2,3)7-8-12(4)6-5-10(13)9-12/h5-9H2,1-4H3. The highest BCUT2D eigenvalue weighted by Gasteiger charge is 2.34. The van der Waals surface area contributed by atoms with Crippen molar-refractivity contribution in [1.29, 1.82) is 0 Å². The van der Waals surface area contributed by atoms with E-state index in [-0.39, 0.29) is 0 Å². The van der Waals surface area contributed by atoms with Gasteiger partial charge >= 0.3 is 0 Å². The highest BCUT2D eigenvalue weighted by atomic mass is 16.1. The third-order valence-corrected chi connectivity index (χ3v) is 3.11. The first-order valence-electron chi connectivity index (χ1n) is 5.33. The van der Waals surface area contributed by atoms with E-state index in [1.54, 1.807) is 0 Å². The number of carbonyl (C=O) groups excluding carboxylic acids is 1. The summed E-state index contributed by atoms with van der Waals surface area (Å²) in [5.41, 5.74) is 0.735. The van der Waals surface area contributed by atoms with Crippen LogP contribution < -0.4 is 0 Å². The topological polar surface area (TPSA) is 17.1 Å². The highest BCUT2D eigenvalue weighted by molar-refractivity contribution is 5.81. The van der Waals surface area contributed by atoms with Crippen LogP contribution >= 0.6 is 0 Å². The summed E-state index contributed by atoms with van der Waals surface area (Å²) >= 11 is 0. The largest absolute Gasteiger partial charge is 0.300 e. The van der Waals surface area contributed by atoms with E-state index in [2.05, 4.69) is 27.7 Å². The van der Waals surface area contributed by atoms with Gasteiger partial charge in [-0.05, 0) is 30.1 Å². The maximum Gasteiger partial charge on any atom is 0.133 e. The Morgan fingerprint density at radius 3 is 2.38 bits per heavy atom. The summed E-state index contributed by atoms with van der Waals surface area (Å²) in [4.78, 5) is 11.2. The Labute approximate surface area is 81.9 Å². The van der Waals surface area contributed by atoms with Crippen LogP contribution in [0.3, 0.4) is 0 Å². The maximum absolute atomic E-state index is 11.2. The summed E-state index contributed by atoms with van der Waals surface area (Å²) in [5, 5.41) is 0.